The van der Waals surface area contributed by atoms with E-state index in [1.807, 2.05) is 27.7 Å². The molecule has 0 fully saturated rings. The molecule has 2 N–H and O–H groups in total. The van der Waals surface area contributed by atoms with Gasteiger partial charge in [-0.3, -0.25) is 14.6 Å². The first-order chi connectivity index (χ1) is 11.8. The average molecular weight is 341 g/mol. The van der Waals surface area contributed by atoms with Gasteiger partial charge < -0.3 is 15.4 Å². The van der Waals surface area contributed by atoms with Crippen molar-refractivity contribution in [3.63, 3.8) is 0 Å². The first-order valence-corrected chi connectivity index (χ1v) is 8.20. The number of benzene rings is 1. The van der Waals surface area contributed by atoms with Crippen LogP contribution in [-0.2, 0) is 0 Å². The number of anilines is 1. The van der Waals surface area contributed by atoms with Crippen LogP contribution in [0.2, 0.25) is 0 Å². The van der Waals surface area contributed by atoms with E-state index >= 15 is 0 Å². The molecule has 0 aliphatic rings. The van der Waals surface area contributed by atoms with E-state index in [0.29, 0.717) is 11.3 Å². The summed E-state index contributed by atoms with van der Waals surface area (Å²) in [5.41, 5.74) is 1.22. The van der Waals surface area contributed by atoms with Crippen molar-refractivity contribution in [2.24, 2.45) is 0 Å². The number of nitrogens with zero attached hydrogens (tertiary/aromatic N) is 1. The Kier molecular flexibility index (Phi) is 6.11. The zero-order valence-corrected chi connectivity index (χ0v) is 14.9. The highest BCUT2D eigenvalue weighted by Crippen LogP contribution is 2.17. The van der Waals surface area contributed by atoms with Gasteiger partial charge in [0.2, 0.25) is 0 Å². The standard InChI is InChI=1S/C19H23N3O3/c1-12(2)21-19(24)17-11-14(9-10-20-17)18(23)22-15-5-7-16(8-6-15)25-13(3)4/h5-13H,1-4H3,(H,21,24)(H,22,23). The largest absolute Gasteiger partial charge is 0.491 e. The molecule has 6 nitrogen and oxygen atoms in total. The summed E-state index contributed by atoms with van der Waals surface area (Å²) in [4.78, 5) is 28.4. The van der Waals surface area contributed by atoms with E-state index in [1.54, 1.807) is 30.3 Å². The summed E-state index contributed by atoms with van der Waals surface area (Å²) >= 11 is 0. The zero-order valence-electron chi connectivity index (χ0n) is 14.9. The Morgan fingerprint density at radius 1 is 1.00 bits per heavy atom. The maximum absolute atomic E-state index is 12.4. The molecule has 6 heteroatoms. The predicted octanol–water partition coefficient (Wildman–Crippen LogP) is 3.26. The Balaban J connectivity index is 2.06. The van der Waals surface area contributed by atoms with Gasteiger partial charge in [-0.1, -0.05) is 0 Å². The lowest BCUT2D eigenvalue weighted by Crippen LogP contribution is -2.31. The number of carbonyl (C=O) groups excluding carboxylic acids is 2. The third-order valence-electron chi connectivity index (χ3n) is 3.16. The van der Waals surface area contributed by atoms with Crippen molar-refractivity contribution in [2.75, 3.05) is 5.32 Å². The van der Waals surface area contributed by atoms with Crippen molar-refractivity contribution < 1.29 is 14.3 Å². The topological polar surface area (TPSA) is 80.3 Å². The number of hydrogen-bond acceptors (Lipinski definition) is 4. The van der Waals surface area contributed by atoms with E-state index in [4.69, 9.17) is 4.74 Å². The summed E-state index contributed by atoms with van der Waals surface area (Å²) in [5, 5.41) is 5.54. The SMILES string of the molecule is CC(C)NC(=O)c1cc(C(=O)Nc2ccc(OC(C)C)cc2)ccn1. The molecule has 0 radical (unpaired) electrons. The maximum Gasteiger partial charge on any atom is 0.270 e. The number of pyridine rings is 1. The maximum atomic E-state index is 12.4. The molecule has 0 aliphatic heterocycles. The van der Waals surface area contributed by atoms with Gasteiger partial charge in [-0.25, -0.2) is 0 Å². The number of rotatable bonds is 6. The molecular weight excluding hydrogens is 318 g/mol. The molecule has 0 unspecified atom stereocenters. The molecule has 0 bridgehead atoms. The van der Waals surface area contributed by atoms with Crippen molar-refractivity contribution >= 4 is 17.5 Å². The molecule has 25 heavy (non-hydrogen) atoms. The van der Waals surface area contributed by atoms with Gasteiger partial charge in [0.1, 0.15) is 11.4 Å². The Hall–Kier alpha value is -2.89. The van der Waals surface area contributed by atoms with Crippen LogP contribution in [0, 0.1) is 0 Å². The highest BCUT2D eigenvalue weighted by atomic mass is 16.5. The second kappa shape index (κ2) is 8.28. The number of carbonyl (C=O) groups is 2. The summed E-state index contributed by atoms with van der Waals surface area (Å²) in [6, 6.07) is 10.2. The molecule has 1 aromatic heterocycles. The molecule has 0 aliphatic carbocycles. The van der Waals surface area contributed by atoms with Crippen LogP contribution in [0.15, 0.2) is 42.6 Å². The molecule has 2 aromatic rings. The molecule has 0 saturated heterocycles. The van der Waals surface area contributed by atoms with E-state index in [2.05, 4.69) is 15.6 Å². The fraction of sp³-hybridized carbons (Fsp3) is 0.316. The minimum Gasteiger partial charge on any atom is -0.491 e. The number of hydrogen-bond donors (Lipinski definition) is 2. The summed E-state index contributed by atoms with van der Waals surface area (Å²) in [6.45, 7) is 7.63. The summed E-state index contributed by atoms with van der Waals surface area (Å²) in [6.07, 6.45) is 1.54. The van der Waals surface area contributed by atoms with Gasteiger partial charge >= 0.3 is 0 Å². The quantitative estimate of drug-likeness (QED) is 0.845. The summed E-state index contributed by atoms with van der Waals surface area (Å²) in [7, 11) is 0. The highest BCUT2D eigenvalue weighted by Gasteiger charge is 2.13. The number of ether oxygens (including phenoxy) is 1. The van der Waals surface area contributed by atoms with Crippen molar-refractivity contribution in [1.82, 2.24) is 10.3 Å². The van der Waals surface area contributed by atoms with Crippen LogP contribution in [-0.4, -0.2) is 28.9 Å². The number of nitrogens with one attached hydrogen (secondary N) is 2. The van der Waals surface area contributed by atoms with Gasteiger partial charge in [-0.2, -0.15) is 0 Å². The second-order valence-electron chi connectivity index (χ2n) is 6.20. The van der Waals surface area contributed by atoms with E-state index < -0.39 is 0 Å². The Labute approximate surface area is 147 Å². The smallest absolute Gasteiger partial charge is 0.270 e. The second-order valence-corrected chi connectivity index (χ2v) is 6.20. The molecule has 1 aromatic carbocycles. The Bertz CT molecular complexity index is 740. The van der Waals surface area contributed by atoms with Crippen LogP contribution in [0.5, 0.6) is 5.75 Å². The molecular formula is C19H23N3O3. The van der Waals surface area contributed by atoms with E-state index in [9.17, 15) is 9.59 Å². The first-order valence-electron chi connectivity index (χ1n) is 8.20. The predicted molar refractivity (Wildman–Crippen MR) is 97.0 cm³/mol. The molecule has 132 valence electrons. The van der Waals surface area contributed by atoms with Gasteiger partial charge in [0, 0.05) is 23.5 Å². The summed E-state index contributed by atoms with van der Waals surface area (Å²) in [5.74, 6) is 0.128. The van der Waals surface area contributed by atoms with Crippen LogP contribution in [0.3, 0.4) is 0 Å². The Morgan fingerprint density at radius 2 is 1.68 bits per heavy atom. The third kappa shape index (κ3) is 5.60. The highest BCUT2D eigenvalue weighted by molar-refractivity contribution is 6.05. The van der Waals surface area contributed by atoms with E-state index in [0.717, 1.165) is 5.75 Å². The van der Waals surface area contributed by atoms with Gasteiger partial charge in [0.05, 0.1) is 6.10 Å². The molecule has 2 rings (SSSR count). The molecule has 2 amide bonds. The first kappa shape index (κ1) is 18.4. The zero-order chi connectivity index (χ0) is 18.4. The fourth-order valence-electron chi connectivity index (χ4n) is 2.12. The lowest BCUT2D eigenvalue weighted by molar-refractivity contribution is 0.0938. The normalized spacial score (nSPS) is 10.6. The van der Waals surface area contributed by atoms with Crippen molar-refractivity contribution in [1.29, 1.82) is 0 Å². The average Bonchev–Trinajstić information content (AvgIpc) is 2.55. The van der Waals surface area contributed by atoms with Crippen molar-refractivity contribution in [2.45, 2.75) is 39.8 Å². The fourth-order valence-corrected chi connectivity index (χ4v) is 2.12. The van der Waals surface area contributed by atoms with Crippen molar-refractivity contribution in [3.8, 4) is 5.75 Å². The van der Waals surface area contributed by atoms with Crippen LogP contribution in [0.4, 0.5) is 5.69 Å². The van der Waals surface area contributed by atoms with Crippen LogP contribution in [0.25, 0.3) is 0 Å². The van der Waals surface area contributed by atoms with Gasteiger partial charge in [-0.05, 0) is 64.1 Å². The van der Waals surface area contributed by atoms with Gasteiger partial charge in [0.25, 0.3) is 11.8 Å². The minimum absolute atomic E-state index is 0.00152. The lowest BCUT2D eigenvalue weighted by atomic mass is 10.2. The van der Waals surface area contributed by atoms with E-state index in [1.165, 1.54) is 12.3 Å². The molecule has 0 spiro atoms. The minimum atomic E-state index is -0.307. The number of amides is 2. The van der Waals surface area contributed by atoms with Crippen LogP contribution < -0.4 is 15.4 Å². The summed E-state index contributed by atoms with van der Waals surface area (Å²) < 4.78 is 5.57. The van der Waals surface area contributed by atoms with Crippen LogP contribution >= 0.6 is 0 Å². The number of aromatic nitrogens is 1. The lowest BCUT2D eigenvalue weighted by Gasteiger charge is -2.11. The van der Waals surface area contributed by atoms with Crippen LogP contribution in [0.1, 0.15) is 48.5 Å². The van der Waals surface area contributed by atoms with E-state index in [-0.39, 0.29) is 29.7 Å². The molecule has 0 saturated carbocycles. The Morgan fingerprint density at radius 3 is 2.28 bits per heavy atom. The van der Waals surface area contributed by atoms with Gasteiger partial charge in [0.15, 0.2) is 0 Å². The van der Waals surface area contributed by atoms with Gasteiger partial charge in [-0.15, -0.1) is 0 Å². The van der Waals surface area contributed by atoms with Crippen molar-refractivity contribution in [3.05, 3.63) is 53.9 Å². The monoisotopic (exact) mass is 341 g/mol. The molecule has 1 heterocycles. The third-order valence-corrected chi connectivity index (χ3v) is 3.16. The molecule has 0 atom stereocenters.